The molecule has 1 aromatic carbocycles. The average Bonchev–Trinajstić information content (AvgIpc) is 2.27. The van der Waals surface area contributed by atoms with Gasteiger partial charge in [0.1, 0.15) is 0 Å². The van der Waals surface area contributed by atoms with Crippen molar-refractivity contribution in [2.45, 2.75) is 57.5 Å². The second kappa shape index (κ2) is 5.41. The molecule has 102 valence electrons. The van der Waals surface area contributed by atoms with Crippen molar-refractivity contribution in [2.75, 3.05) is 0 Å². The van der Waals surface area contributed by atoms with Gasteiger partial charge in [0.25, 0.3) is 10.1 Å². The quantitative estimate of drug-likeness (QED) is 0.787. The van der Waals surface area contributed by atoms with E-state index < -0.39 is 10.1 Å². The molecule has 0 fully saturated rings. The summed E-state index contributed by atoms with van der Waals surface area (Å²) < 4.78 is 29.7. The highest BCUT2D eigenvalue weighted by Gasteiger charge is 2.26. The minimum atomic E-state index is -3.69. The molecule has 0 bridgehead atoms. The fourth-order valence-corrected chi connectivity index (χ4v) is 3.20. The molecule has 0 amide bonds. The lowest BCUT2D eigenvalue weighted by atomic mass is 9.87. The van der Waals surface area contributed by atoms with Crippen molar-refractivity contribution >= 4 is 10.1 Å². The molecule has 0 aromatic heterocycles. The number of hydrogen-bond acceptors (Lipinski definition) is 3. The van der Waals surface area contributed by atoms with Crippen LogP contribution in [0.3, 0.4) is 0 Å². The maximum atomic E-state index is 12.2. The van der Waals surface area contributed by atoms with Crippen LogP contribution in [-0.2, 0) is 19.7 Å². The third-order valence-corrected chi connectivity index (χ3v) is 4.31. The fraction of sp³-hybridized carbons (Fsp3) is 0.571. The Kier molecular flexibility index (Phi) is 4.56. The first-order valence-electron chi connectivity index (χ1n) is 6.21. The zero-order valence-electron chi connectivity index (χ0n) is 11.7. The summed E-state index contributed by atoms with van der Waals surface area (Å²) in [6, 6.07) is 7.02. The van der Waals surface area contributed by atoms with Crippen molar-refractivity contribution in [3.8, 4) is 0 Å². The lowest BCUT2D eigenvalue weighted by Crippen LogP contribution is -2.20. The Morgan fingerprint density at radius 2 is 1.78 bits per heavy atom. The fourth-order valence-electron chi connectivity index (χ4n) is 1.64. The smallest absolute Gasteiger partial charge is 0.263 e. The van der Waals surface area contributed by atoms with Crippen LogP contribution in [0.1, 0.15) is 46.6 Å². The van der Waals surface area contributed by atoms with Crippen molar-refractivity contribution in [3.63, 3.8) is 0 Å². The van der Waals surface area contributed by atoms with Gasteiger partial charge in [0, 0.05) is 0 Å². The first-order valence-corrected chi connectivity index (χ1v) is 7.62. The summed E-state index contributed by atoms with van der Waals surface area (Å²) >= 11 is 0. The Morgan fingerprint density at radius 1 is 1.22 bits per heavy atom. The zero-order valence-corrected chi connectivity index (χ0v) is 12.5. The zero-order chi connectivity index (χ0) is 14.0. The molecule has 1 unspecified atom stereocenters. The number of benzene rings is 1. The molecule has 4 heteroatoms. The average molecular weight is 270 g/mol. The molecular weight excluding hydrogens is 248 g/mol. The number of rotatable bonds is 4. The lowest BCUT2D eigenvalue weighted by Gasteiger charge is -2.23. The van der Waals surface area contributed by atoms with E-state index in [0.717, 1.165) is 5.56 Å². The van der Waals surface area contributed by atoms with E-state index in [1.807, 2.05) is 39.8 Å². The minimum Gasteiger partial charge on any atom is -0.263 e. The summed E-state index contributed by atoms with van der Waals surface area (Å²) in [5, 5.41) is 0. The predicted molar refractivity (Wildman–Crippen MR) is 73.2 cm³/mol. The molecular formula is C14H22O3S. The van der Waals surface area contributed by atoms with Crippen LogP contribution in [0.2, 0.25) is 0 Å². The normalized spacial score (nSPS) is 14.5. The highest BCUT2D eigenvalue weighted by atomic mass is 32.2. The third kappa shape index (κ3) is 3.56. The van der Waals surface area contributed by atoms with Crippen LogP contribution in [0.25, 0.3) is 0 Å². The van der Waals surface area contributed by atoms with Gasteiger partial charge in [-0.25, -0.2) is 0 Å². The van der Waals surface area contributed by atoms with Crippen LogP contribution in [0.15, 0.2) is 29.2 Å². The molecule has 0 saturated heterocycles. The van der Waals surface area contributed by atoms with Gasteiger partial charge in [0.15, 0.2) is 0 Å². The molecule has 0 radical (unpaired) electrons. The molecule has 1 atom stereocenters. The van der Waals surface area contributed by atoms with Gasteiger partial charge in [0.05, 0.1) is 11.0 Å². The van der Waals surface area contributed by atoms with Gasteiger partial charge in [-0.3, -0.25) is 4.18 Å². The van der Waals surface area contributed by atoms with Crippen molar-refractivity contribution < 1.29 is 12.6 Å². The molecule has 1 rings (SSSR count). The van der Waals surface area contributed by atoms with Crippen molar-refractivity contribution in [1.82, 2.24) is 0 Å². The largest absolute Gasteiger partial charge is 0.297 e. The molecule has 1 aromatic rings. The van der Waals surface area contributed by atoms with Gasteiger partial charge < -0.3 is 0 Å². The maximum Gasteiger partial charge on any atom is 0.297 e. The SMILES string of the molecule is CCC(C)OS(=O)(=O)c1ccccc1C(C)(C)C. The van der Waals surface area contributed by atoms with Gasteiger partial charge in [-0.15, -0.1) is 0 Å². The summed E-state index contributed by atoms with van der Waals surface area (Å²) in [6.07, 6.45) is 0.361. The summed E-state index contributed by atoms with van der Waals surface area (Å²) in [5.74, 6) is 0. The molecule has 0 N–H and O–H groups in total. The number of hydrogen-bond donors (Lipinski definition) is 0. The Morgan fingerprint density at radius 3 is 2.28 bits per heavy atom. The molecule has 3 nitrogen and oxygen atoms in total. The van der Waals surface area contributed by atoms with Gasteiger partial charge in [0.2, 0.25) is 0 Å². The van der Waals surface area contributed by atoms with Crippen LogP contribution in [-0.4, -0.2) is 14.5 Å². The van der Waals surface area contributed by atoms with Crippen molar-refractivity contribution in [3.05, 3.63) is 29.8 Å². The second-order valence-electron chi connectivity index (χ2n) is 5.52. The van der Waals surface area contributed by atoms with Crippen LogP contribution in [0, 0.1) is 0 Å². The summed E-state index contributed by atoms with van der Waals surface area (Å²) in [7, 11) is -3.69. The van der Waals surface area contributed by atoms with Gasteiger partial charge in [-0.05, 0) is 30.4 Å². The Bertz CT molecular complexity index is 498. The van der Waals surface area contributed by atoms with Crippen molar-refractivity contribution in [2.24, 2.45) is 0 Å². The molecule has 18 heavy (non-hydrogen) atoms. The Balaban J connectivity index is 3.25. The van der Waals surface area contributed by atoms with E-state index in [1.54, 1.807) is 19.1 Å². The van der Waals surface area contributed by atoms with E-state index in [9.17, 15) is 8.42 Å². The predicted octanol–water partition coefficient (Wildman–Crippen LogP) is 3.49. The summed E-state index contributed by atoms with van der Waals surface area (Å²) in [6.45, 7) is 9.63. The maximum absolute atomic E-state index is 12.2. The van der Waals surface area contributed by atoms with E-state index in [1.165, 1.54) is 0 Å². The standard InChI is InChI=1S/C14H22O3S/c1-6-11(2)17-18(15,16)13-10-8-7-9-12(13)14(3,4)5/h7-11H,6H2,1-5H3. The van der Waals surface area contributed by atoms with E-state index in [0.29, 0.717) is 6.42 Å². The van der Waals surface area contributed by atoms with Crippen LogP contribution < -0.4 is 0 Å². The summed E-state index contributed by atoms with van der Waals surface area (Å²) in [4.78, 5) is 0.276. The van der Waals surface area contributed by atoms with Crippen molar-refractivity contribution in [1.29, 1.82) is 0 Å². The van der Waals surface area contributed by atoms with Crippen LogP contribution >= 0.6 is 0 Å². The highest BCUT2D eigenvalue weighted by molar-refractivity contribution is 7.86. The highest BCUT2D eigenvalue weighted by Crippen LogP contribution is 2.30. The first kappa shape index (κ1) is 15.2. The third-order valence-electron chi connectivity index (χ3n) is 2.83. The van der Waals surface area contributed by atoms with E-state index in [-0.39, 0.29) is 16.4 Å². The molecule has 0 spiro atoms. The molecule has 0 aliphatic heterocycles. The summed E-state index contributed by atoms with van der Waals surface area (Å²) in [5.41, 5.74) is 0.552. The molecule has 0 heterocycles. The second-order valence-corrected chi connectivity index (χ2v) is 7.06. The van der Waals surface area contributed by atoms with Crippen LogP contribution in [0.5, 0.6) is 0 Å². The first-order chi connectivity index (χ1) is 8.18. The molecule has 0 aliphatic rings. The minimum absolute atomic E-state index is 0.234. The van der Waals surface area contributed by atoms with Crippen LogP contribution in [0.4, 0.5) is 0 Å². The Labute approximate surface area is 110 Å². The van der Waals surface area contributed by atoms with Gasteiger partial charge in [-0.2, -0.15) is 8.42 Å². The van der Waals surface area contributed by atoms with Gasteiger partial charge >= 0.3 is 0 Å². The van der Waals surface area contributed by atoms with E-state index >= 15 is 0 Å². The van der Waals surface area contributed by atoms with E-state index in [2.05, 4.69) is 0 Å². The Hall–Kier alpha value is -0.870. The molecule has 0 saturated carbocycles. The van der Waals surface area contributed by atoms with E-state index in [4.69, 9.17) is 4.18 Å². The molecule has 0 aliphatic carbocycles. The topological polar surface area (TPSA) is 43.4 Å². The lowest BCUT2D eigenvalue weighted by molar-refractivity contribution is 0.224. The van der Waals surface area contributed by atoms with Gasteiger partial charge in [-0.1, -0.05) is 45.9 Å². The monoisotopic (exact) mass is 270 g/mol.